The second kappa shape index (κ2) is 6.90. The number of carbonyl (C=O) groups excluding carboxylic acids is 2. The van der Waals surface area contributed by atoms with Crippen LogP contribution in [0.15, 0.2) is 24.3 Å². The summed E-state index contributed by atoms with van der Waals surface area (Å²) in [6.07, 6.45) is 3.14. The van der Waals surface area contributed by atoms with E-state index in [1.54, 1.807) is 30.9 Å². The highest BCUT2D eigenvalue weighted by molar-refractivity contribution is 6.04. The van der Waals surface area contributed by atoms with Crippen molar-refractivity contribution >= 4 is 11.8 Å². The zero-order valence-electron chi connectivity index (χ0n) is 13.2. The van der Waals surface area contributed by atoms with E-state index in [4.69, 9.17) is 0 Å². The van der Waals surface area contributed by atoms with Gasteiger partial charge in [0.05, 0.1) is 0 Å². The first kappa shape index (κ1) is 16.5. The third-order valence-electron chi connectivity index (χ3n) is 4.11. The van der Waals surface area contributed by atoms with E-state index in [1.807, 2.05) is 0 Å². The van der Waals surface area contributed by atoms with Gasteiger partial charge in [0.15, 0.2) is 0 Å². The molecule has 0 aromatic heterocycles. The fourth-order valence-electron chi connectivity index (χ4n) is 2.59. The summed E-state index contributed by atoms with van der Waals surface area (Å²) in [4.78, 5) is 26.7. The summed E-state index contributed by atoms with van der Waals surface area (Å²) in [6, 6.07) is 5.95. The van der Waals surface area contributed by atoms with Crippen LogP contribution in [0.25, 0.3) is 0 Å². The molecule has 1 aromatic carbocycles. The molecule has 0 spiro atoms. The molecule has 120 valence electrons. The van der Waals surface area contributed by atoms with E-state index >= 15 is 0 Å². The van der Waals surface area contributed by atoms with Gasteiger partial charge in [0, 0.05) is 19.6 Å². The van der Waals surface area contributed by atoms with Crippen molar-refractivity contribution < 1.29 is 14.0 Å². The molecular weight excluding hydrogens is 283 g/mol. The van der Waals surface area contributed by atoms with Crippen LogP contribution in [0.4, 0.5) is 4.39 Å². The normalized spacial score (nSPS) is 15.5. The smallest absolute Gasteiger partial charge is 0.237 e. The van der Waals surface area contributed by atoms with Crippen molar-refractivity contribution in [2.24, 2.45) is 5.41 Å². The second-order valence-corrected chi connectivity index (χ2v) is 6.29. The maximum Gasteiger partial charge on any atom is 0.237 e. The summed E-state index contributed by atoms with van der Waals surface area (Å²) >= 11 is 0. The predicted molar refractivity (Wildman–Crippen MR) is 82.5 cm³/mol. The van der Waals surface area contributed by atoms with Gasteiger partial charge in [-0.25, -0.2) is 4.39 Å². The fraction of sp³-hybridized carbons (Fsp3) is 0.529. The van der Waals surface area contributed by atoms with Crippen LogP contribution in [-0.2, 0) is 16.1 Å². The zero-order chi connectivity index (χ0) is 16.2. The molecule has 2 rings (SSSR count). The number of hydrogen-bond donors (Lipinski definition) is 1. The molecule has 1 saturated heterocycles. The number of carbonyl (C=O) groups is 2. The molecule has 0 saturated carbocycles. The maximum atomic E-state index is 12.8. The second-order valence-electron chi connectivity index (χ2n) is 6.29. The molecule has 1 aromatic rings. The van der Waals surface area contributed by atoms with Crippen molar-refractivity contribution in [2.45, 2.75) is 39.7 Å². The average Bonchev–Trinajstić information content (AvgIpc) is 2.54. The Hall–Kier alpha value is -1.91. The quantitative estimate of drug-likeness (QED) is 0.869. The van der Waals surface area contributed by atoms with Gasteiger partial charge in [0.2, 0.25) is 11.8 Å². The summed E-state index contributed by atoms with van der Waals surface area (Å²) in [7, 11) is 0. The lowest BCUT2D eigenvalue weighted by Gasteiger charge is -2.33. The predicted octanol–water partition coefficient (Wildman–Crippen LogP) is 2.48. The third kappa shape index (κ3) is 3.84. The van der Waals surface area contributed by atoms with E-state index < -0.39 is 5.41 Å². The van der Waals surface area contributed by atoms with Crippen molar-refractivity contribution in [1.29, 1.82) is 0 Å². The van der Waals surface area contributed by atoms with E-state index in [9.17, 15) is 14.0 Å². The van der Waals surface area contributed by atoms with Crippen LogP contribution in [0, 0.1) is 11.2 Å². The van der Waals surface area contributed by atoms with Crippen LogP contribution in [0.3, 0.4) is 0 Å². The van der Waals surface area contributed by atoms with E-state index in [0.29, 0.717) is 0 Å². The lowest BCUT2D eigenvalue weighted by Crippen LogP contribution is -2.50. The van der Waals surface area contributed by atoms with Gasteiger partial charge in [-0.2, -0.15) is 0 Å². The van der Waals surface area contributed by atoms with Crippen molar-refractivity contribution in [1.82, 2.24) is 10.2 Å². The molecule has 1 aliphatic heterocycles. The molecule has 1 aliphatic rings. The minimum atomic E-state index is -1.09. The Balaban J connectivity index is 1.94. The average molecular weight is 306 g/mol. The molecule has 0 unspecified atom stereocenters. The molecule has 1 fully saturated rings. The maximum absolute atomic E-state index is 12.8. The van der Waals surface area contributed by atoms with Gasteiger partial charge < -0.3 is 10.2 Å². The largest absolute Gasteiger partial charge is 0.351 e. The van der Waals surface area contributed by atoms with E-state index in [-0.39, 0.29) is 24.2 Å². The number of hydrogen-bond acceptors (Lipinski definition) is 2. The lowest BCUT2D eigenvalue weighted by molar-refractivity contribution is -0.149. The molecule has 0 aliphatic carbocycles. The Labute approximate surface area is 130 Å². The summed E-state index contributed by atoms with van der Waals surface area (Å²) in [5, 5.41) is 2.77. The van der Waals surface area contributed by atoms with Gasteiger partial charge in [-0.1, -0.05) is 12.1 Å². The lowest BCUT2D eigenvalue weighted by atomic mass is 9.89. The Bertz CT molecular complexity index is 534. The minimum Gasteiger partial charge on any atom is -0.351 e. The Morgan fingerprint density at radius 3 is 2.32 bits per heavy atom. The van der Waals surface area contributed by atoms with E-state index in [1.165, 1.54) is 12.1 Å². The number of benzene rings is 1. The van der Waals surface area contributed by atoms with Crippen LogP contribution in [0.5, 0.6) is 0 Å². The van der Waals surface area contributed by atoms with E-state index in [2.05, 4.69) is 5.32 Å². The molecule has 4 nitrogen and oxygen atoms in total. The highest BCUT2D eigenvalue weighted by Gasteiger charge is 2.39. The summed E-state index contributed by atoms with van der Waals surface area (Å²) in [6.45, 7) is 5.06. The van der Waals surface area contributed by atoms with Gasteiger partial charge >= 0.3 is 0 Å². The number of likely N-dealkylation sites (tertiary alicyclic amines) is 1. The standard InChI is InChI=1S/C17H23FN2O2/c1-17(2,16(22)20-10-4-3-5-11-20)15(21)19-12-13-6-8-14(18)9-7-13/h6-9H,3-5,10-12H2,1-2H3,(H,19,21). The Morgan fingerprint density at radius 1 is 1.14 bits per heavy atom. The van der Waals surface area contributed by atoms with Gasteiger partial charge in [0.1, 0.15) is 11.2 Å². The molecule has 2 amide bonds. The van der Waals surface area contributed by atoms with Gasteiger partial charge in [-0.3, -0.25) is 9.59 Å². The number of rotatable bonds is 4. The monoisotopic (exact) mass is 306 g/mol. The van der Waals surface area contributed by atoms with Crippen molar-refractivity contribution in [3.05, 3.63) is 35.6 Å². The summed E-state index contributed by atoms with van der Waals surface area (Å²) < 4.78 is 12.8. The molecule has 5 heteroatoms. The van der Waals surface area contributed by atoms with Crippen molar-refractivity contribution in [3.63, 3.8) is 0 Å². The fourth-order valence-corrected chi connectivity index (χ4v) is 2.59. The van der Waals surface area contributed by atoms with E-state index in [0.717, 1.165) is 37.9 Å². The Kier molecular flexibility index (Phi) is 5.16. The molecule has 0 bridgehead atoms. The van der Waals surface area contributed by atoms with Gasteiger partial charge in [-0.15, -0.1) is 0 Å². The Morgan fingerprint density at radius 2 is 1.73 bits per heavy atom. The molecule has 0 atom stereocenters. The summed E-state index contributed by atoms with van der Waals surface area (Å²) in [5.41, 5.74) is -0.284. The number of halogens is 1. The molecule has 1 N–H and O–H groups in total. The molecule has 22 heavy (non-hydrogen) atoms. The molecule has 1 heterocycles. The van der Waals surface area contributed by atoms with Crippen molar-refractivity contribution in [2.75, 3.05) is 13.1 Å². The number of amides is 2. The minimum absolute atomic E-state index is 0.121. The highest BCUT2D eigenvalue weighted by atomic mass is 19.1. The number of nitrogens with one attached hydrogen (secondary N) is 1. The van der Waals surface area contributed by atoms with Crippen LogP contribution in [-0.4, -0.2) is 29.8 Å². The first-order chi connectivity index (χ1) is 10.4. The topological polar surface area (TPSA) is 49.4 Å². The van der Waals surface area contributed by atoms with Crippen LogP contribution in [0.2, 0.25) is 0 Å². The van der Waals surface area contributed by atoms with Crippen LogP contribution in [0.1, 0.15) is 38.7 Å². The van der Waals surface area contributed by atoms with Crippen molar-refractivity contribution in [3.8, 4) is 0 Å². The van der Waals surface area contributed by atoms with Gasteiger partial charge in [-0.05, 0) is 50.8 Å². The molecule has 0 radical (unpaired) electrons. The van der Waals surface area contributed by atoms with Crippen LogP contribution >= 0.6 is 0 Å². The van der Waals surface area contributed by atoms with Gasteiger partial charge in [0.25, 0.3) is 0 Å². The first-order valence-electron chi connectivity index (χ1n) is 7.73. The molecular formula is C17H23FN2O2. The number of piperidine rings is 1. The third-order valence-corrected chi connectivity index (χ3v) is 4.11. The SMILES string of the molecule is CC(C)(C(=O)NCc1ccc(F)cc1)C(=O)N1CCCCC1. The first-order valence-corrected chi connectivity index (χ1v) is 7.73. The highest BCUT2D eigenvalue weighted by Crippen LogP contribution is 2.22. The van der Waals surface area contributed by atoms with Crippen LogP contribution < -0.4 is 5.32 Å². The number of nitrogens with zero attached hydrogens (tertiary/aromatic N) is 1. The zero-order valence-corrected chi connectivity index (χ0v) is 13.2. The summed E-state index contributed by atoms with van der Waals surface area (Å²) in [5.74, 6) is -0.730.